The van der Waals surface area contributed by atoms with Gasteiger partial charge in [0.2, 0.25) is 0 Å². The Morgan fingerprint density at radius 3 is 2.42 bits per heavy atom. The summed E-state index contributed by atoms with van der Waals surface area (Å²) in [6.45, 7) is -1.61. The van der Waals surface area contributed by atoms with E-state index in [-0.39, 0.29) is 22.8 Å². The van der Waals surface area contributed by atoms with Crippen molar-refractivity contribution in [2.45, 2.75) is 13.5 Å². The van der Waals surface area contributed by atoms with Crippen molar-refractivity contribution in [3.8, 4) is 11.5 Å². The minimum atomic E-state index is -3.00. The highest BCUT2D eigenvalue weighted by Gasteiger charge is 2.15. The third-order valence-electron chi connectivity index (χ3n) is 3.20. The average Bonchev–Trinajstić information content (AvgIpc) is 2.54. The van der Waals surface area contributed by atoms with Gasteiger partial charge in [-0.15, -0.1) is 0 Å². The molecule has 0 aliphatic heterocycles. The van der Waals surface area contributed by atoms with E-state index in [4.69, 9.17) is 4.74 Å². The minimum Gasteiger partial charge on any atom is -0.493 e. The number of carbonyl (C=O) groups excluding carboxylic acids is 2. The molecule has 2 aromatic rings. The van der Waals surface area contributed by atoms with Gasteiger partial charge in [0.05, 0.1) is 12.8 Å². The Kier molecular flexibility index (Phi) is 5.47. The number of ketones is 1. The molecule has 2 aromatic carbocycles. The maximum Gasteiger partial charge on any atom is 0.387 e. The zero-order valence-electron chi connectivity index (χ0n) is 13.0. The van der Waals surface area contributed by atoms with Crippen molar-refractivity contribution >= 4 is 17.4 Å². The molecule has 0 bridgehead atoms. The fourth-order valence-electron chi connectivity index (χ4n) is 2.10. The number of halogens is 2. The van der Waals surface area contributed by atoms with Crippen LogP contribution in [0, 0.1) is 0 Å². The van der Waals surface area contributed by atoms with E-state index >= 15 is 0 Å². The predicted molar refractivity (Wildman–Crippen MR) is 84.0 cm³/mol. The second kappa shape index (κ2) is 7.54. The largest absolute Gasteiger partial charge is 0.493 e. The summed E-state index contributed by atoms with van der Waals surface area (Å²) in [6.07, 6.45) is 0. The van der Waals surface area contributed by atoms with Crippen molar-refractivity contribution in [2.75, 3.05) is 12.4 Å². The molecule has 1 amide bonds. The quantitative estimate of drug-likeness (QED) is 0.817. The molecule has 0 radical (unpaired) electrons. The van der Waals surface area contributed by atoms with Crippen molar-refractivity contribution in [1.82, 2.24) is 0 Å². The molecule has 0 aliphatic carbocycles. The van der Waals surface area contributed by atoms with Crippen LogP contribution in [0.4, 0.5) is 14.5 Å². The number of anilines is 1. The lowest BCUT2D eigenvalue weighted by molar-refractivity contribution is -0.0512. The maximum atomic E-state index is 12.3. The van der Waals surface area contributed by atoms with Gasteiger partial charge >= 0.3 is 6.61 Å². The fraction of sp³-hybridized carbons (Fsp3) is 0.176. The van der Waals surface area contributed by atoms with Crippen LogP contribution < -0.4 is 14.8 Å². The van der Waals surface area contributed by atoms with Crippen LogP contribution in [0.5, 0.6) is 11.5 Å². The van der Waals surface area contributed by atoms with Crippen molar-refractivity contribution in [1.29, 1.82) is 0 Å². The summed E-state index contributed by atoms with van der Waals surface area (Å²) < 4.78 is 33.9. The van der Waals surface area contributed by atoms with Crippen molar-refractivity contribution in [2.24, 2.45) is 0 Å². The number of nitrogens with one attached hydrogen (secondary N) is 1. The molecule has 2 rings (SSSR count). The summed E-state index contributed by atoms with van der Waals surface area (Å²) in [5.74, 6) is -0.870. The molecule has 126 valence electrons. The smallest absolute Gasteiger partial charge is 0.387 e. The van der Waals surface area contributed by atoms with Gasteiger partial charge in [0.25, 0.3) is 5.91 Å². The molecule has 0 fully saturated rings. The highest BCUT2D eigenvalue weighted by Crippen LogP contribution is 2.30. The molecule has 24 heavy (non-hydrogen) atoms. The third kappa shape index (κ3) is 4.07. The van der Waals surface area contributed by atoms with E-state index in [2.05, 4.69) is 10.1 Å². The molecule has 0 aliphatic rings. The van der Waals surface area contributed by atoms with Crippen LogP contribution in [0.25, 0.3) is 0 Å². The van der Waals surface area contributed by atoms with E-state index in [1.54, 1.807) is 24.3 Å². The van der Waals surface area contributed by atoms with E-state index in [1.165, 1.54) is 32.2 Å². The molecule has 7 heteroatoms. The van der Waals surface area contributed by atoms with Crippen LogP contribution in [-0.2, 0) is 0 Å². The molecule has 5 nitrogen and oxygen atoms in total. The van der Waals surface area contributed by atoms with Crippen molar-refractivity contribution < 1.29 is 27.8 Å². The normalized spacial score (nSPS) is 10.4. The average molecular weight is 335 g/mol. The SMILES string of the molecule is COc1cc(C(=O)Nc2ccccc2C(C)=O)ccc1OC(F)F. The first-order valence-corrected chi connectivity index (χ1v) is 6.96. The minimum absolute atomic E-state index is 0.00260. The van der Waals surface area contributed by atoms with Crippen LogP contribution >= 0.6 is 0 Å². The predicted octanol–water partition coefficient (Wildman–Crippen LogP) is 3.75. The summed E-state index contributed by atoms with van der Waals surface area (Å²) in [6, 6.07) is 10.4. The number of rotatable bonds is 6. The first-order valence-electron chi connectivity index (χ1n) is 6.96. The van der Waals surface area contributed by atoms with Crippen LogP contribution in [0.3, 0.4) is 0 Å². The van der Waals surface area contributed by atoms with Gasteiger partial charge in [-0.25, -0.2) is 0 Å². The maximum absolute atomic E-state index is 12.3. The molecular formula is C17H15F2NO4. The number of methoxy groups -OCH3 is 1. The number of alkyl halides is 2. The van der Waals surface area contributed by atoms with Crippen LogP contribution in [0.15, 0.2) is 42.5 Å². The fourth-order valence-corrected chi connectivity index (χ4v) is 2.10. The van der Waals surface area contributed by atoms with E-state index in [9.17, 15) is 18.4 Å². The second-order valence-electron chi connectivity index (χ2n) is 4.80. The van der Waals surface area contributed by atoms with Gasteiger partial charge in [-0.05, 0) is 37.3 Å². The summed E-state index contributed by atoms with van der Waals surface area (Å²) in [5, 5.41) is 2.62. The van der Waals surface area contributed by atoms with Gasteiger partial charge in [-0.3, -0.25) is 9.59 Å². The molecule has 0 atom stereocenters. The molecule has 1 N–H and O–H groups in total. The highest BCUT2D eigenvalue weighted by molar-refractivity contribution is 6.09. The van der Waals surface area contributed by atoms with E-state index in [0.29, 0.717) is 11.3 Å². The van der Waals surface area contributed by atoms with E-state index < -0.39 is 12.5 Å². The zero-order chi connectivity index (χ0) is 17.7. The Hall–Kier alpha value is -2.96. The Balaban J connectivity index is 2.26. The molecule has 0 saturated heterocycles. The molecule has 0 heterocycles. The topological polar surface area (TPSA) is 64.6 Å². The van der Waals surface area contributed by atoms with Gasteiger partial charge in [-0.1, -0.05) is 12.1 Å². The van der Waals surface area contributed by atoms with Crippen molar-refractivity contribution in [3.05, 3.63) is 53.6 Å². The third-order valence-corrected chi connectivity index (χ3v) is 3.20. The van der Waals surface area contributed by atoms with E-state index in [1.807, 2.05) is 0 Å². The number of hydrogen-bond acceptors (Lipinski definition) is 4. The van der Waals surface area contributed by atoms with Gasteiger partial charge in [0.15, 0.2) is 17.3 Å². The van der Waals surface area contributed by atoms with Crippen LogP contribution in [-0.4, -0.2) is 25.4 Å². The Bertz CT molecular complexity index is 762. The number of hydrogen-bond donors (Lipinski definition) is 1. The Morgan fingerprint density at radius 2 is 1.79 bits per heavy atom. The Labute approximate surface area is 137 Å². The number of amides is 1. The number of para-hydroxylation sites is 1. The molecule has 0 unspecified atom stereocenters. The summed E-state index contributed by atoms with van der Waals surface area (Å²) in [4.78, 5) is 23.9. The highest BCUT2D eigenvalue weighted by atomic mass is 19.3. The van der Waals surface area contributed by atoms with Gasteiger partial charge in [0, 0.05) is 11.1 Å². The molecule has 0 aromatic heterocycles. The van der Waals surface area contributed by atoms with Crippen LogP contribution in [0.2, 0.25) is 0 Å². The lowest BCUT2D eigenvalue weighted by atomic mass is 10.1. The monoisotopic (exact) mass is 335 g/mol. The number of Topliss-reactive ketones (excluding diaryl/α,β-unsaturated/α-hetero) is 1. The summed E-state index contributed by atoms with van der Waals surface area (Å²) in [7, 11) is 1.28. The van der Waals surface area contributed by atoms with Gasteiger partial charge in [-0.2, -0.15) is 8.78 Å². The lowest BCUT2D eigenvalue weighted by Gasteiger charge is -2.12. The van der Waals surface area contributed by atoms with E-state index in [0.717, 1.165) is 0 Å². The van der Waals surface area contributed by atoms with Crippen molar-refractivity contribution in [3.63, 3.8) is 0 Å². The standard InChI is InChI=1S/C17H15F2NO4/c1-10(21)12-5-3-4-6-13(12)20-16(22)11-7-8-14(24-17(18)19)15(9-11)23-2/h3-9,17H,1-2H3,(H,20,22). The molecular weight excluding hydrogens is 320 g/mol. The Morgan fingerprint density at radius 1 is 1.08 bits per heavy atom. The zero-order valence-corrected chi connectivity index (χ0v) is 13.0. The number of carbonyl (C=O) groups is 2. The number of benzene rings is 2. The number of ether oxygens (including phenoxy) is 2. The first kappa shape index (κ1) is 17.4. The van der Waals surface area contributed by atoms with Gasteiger partial charge in [0.1, 0.15) is 0 Å². The van der Waals surface area contributed by atoms with Gasteiger partial charge < -0.3 is 14.8 Å². The molecule has 0 spiro atoms. The first-order chi connectivity index (χ1) is 11.4. The summed E-state index contributed by atoms with van der Waals surface area (Å²) >= 11 is 0. The lowest BCUT2D eigenvalue weighted by Crippen LogP contribution is -2.14. The van der Waals surface area contributed by atoms with Crippen LogP contribution in [0.1, 0.15) is 27.6 Å². The summed E-state index contributed by atoms with van der Waals surface area (Å²) in [5.41, 5.74) is 0.907. The molecule has 0 saturated carbocycles. The second-order valence-corrected chi connectivity index (χ2v) is 4.80.